The monoisotopic (exact) mass is 585 g/mol. The summed E-state index contributed by atoms with van der Waals surface area (Å²) in [6.07, 6.45) is 3.68. The molecule has 0 bridgehead atoms. The molecule has 5 rings (SSSR count). The fourth-order valence-electron chi connectivity index (χ4n) is 4.64. The molecular weight excluding hydrogens is 554 g/mol. The van der Waals surface area contributed by atoms with E-state index in [0.29, 0.717) is 47.2 Å². The van der Waals surface area contributed by atoms with Crippen molar-refractivity contribution in [2.24, 2.45) is 5.41 Å². The summed E-state index contributed by atoms with van der Waals surface area (Å²) in [5.41, 5.74) is 1.69. The van der Waals surface area contributed by atoms with Gasteiger partial charge < -0.3 is 15.0 Å². The van der Waals surface area contributed by atoms with Gasteiger partial charge in [-0.25, -0.2) is 8.42 Å². The summed E-state index contributed by atoms with van der Waals surface area (Å²) in [5.74, 6) is -0.278. The van der Waals surface area contributed by atoms with E-state index in [1.807, 2.05) is 4.90 Å². The largest absolute Gasteiger partial charge is 0.486 e. The minimum absolute atomic E-state index is 0.0513. The van der Waals surface area contributed by atoms with Gasteiger partial charge in [0.2, 0.25) is 15.8 Å². The van der Waals surface area contributed by atoms with Crippen LogP contribution in [0.4, 0.5) is 5.69 Å². The molecule has 1 N–H and O–H groups in total. The Morgan fingerprint density at radius 1 is 1.10 bits per heavy atom. The van der Waals surface area contributed by atoms with Crippen LogP contribution in [0.2, 0.25) is 5.02 Å². The van der Waals surface area contributed by atoms with E-state index in [9.17, 15) is 18.0 Å². The van der Waals surface area contributed by atoms with Crippen molar-refractivity contribution in [1.82, 2.24) is 19.4 Å². The smallest absolute Gasteiger partial charge is 0.316 e. The summed E-state index contributed by atoms with van der Waals surface area (Å²) < 4.78 is 35.3. The number of piperazine rings is 1. The van der Waals surface area contributed by atoms with Crippen LogP contribution >= 0.6 is 11.6 Å². The maximum atomic E-state index is 13.6. The van der Waals surface area contributed by atoms with Crippen LogP contribution in [-0.4, -0.2) is 68.2 Å². The van der Waals surface area contributed by atoms with Gasteiger partial charge in [0, 0.05) is 49.2 Å². The van der Waals surface area contributed by atoms with Crippen molar-refractivity contribution in [3.8, 4) is 11.4 Å². The van der Waals surface area contributed by atoms with E-state index in [-0.39, 0.29) is 35.9 Å². The molecule has 1 amide bonds. The van der Waals surface area contributed by atoms with Crippen LogP contribution in [0.25, 0.3) is 5.69 Å². The third-order valence-electron chi connectivity index (χ3n) is 7.37. The second-order valence-corrected chi connectivity index (χ2v) is 13.0. The molecule has 2 fully saturated rings. The zero-order valence-corrected chi connectivity index (χ0v) is 24.0. The second kappa shape index (κ2) is 11.2. The first-order valence-corrected chi connectivity index (χ1v) is 15.1. The molecule has 3 aromatic rings. The molecule has 2 aromatic carbocycles. The van der Waals surface area contributed by atoms with Crippen molar-refractivity contribution < 1.29 is 17.9 Å². The quantitative estimate of drug-likeness (QED) is 0.410. The zero-order chi connectivity index (χ0) is 28.5. The Morgan fingerprint density at radius 3 is 2.50 bits per heavy atom. The van der Waals surface area contributed by atoms with Crippen molar-refractivity contribution in [2.45, 2.75) is 25.5 Å². The molecule has 40 heavy (non-hydrogen) atoms. The summed E-state index contributed by atoms with van der Waals surface area (Å²) in [5, 5.41) is 7.43. The highest BCUT2D eigenvalue weighted by Gasteiger charge is 2.39. The SMILES string of the molecule is CNC(=O)c1cccc(CS(=O)(=O)N2CCN(c3cnn(-c4cccc(Cl)c4)c(=O)c3OCC3(C)CC3)CC2)c1. The molecule has 1 saturated carbocycles. The van der Waals surface area contributed by atoms with Gasteiger partial charge >= 0.3 is 5.56 Å². The van der Waals surface area contributed by atoms with Gasteiger partial charge in [-0.1, -0.05) is 36.7 Å². The number of benzene rings is 2. The predicted octanol–water partition coefficient (Wildman–Crippen LogP) is 3.08. The topological polar surface area (TPSA) is 114 Å². The molecule has 1 aliphatic carbocycles. The lowest BCUT2D eigenvalue weighted by Gasteiger charge is -2.35. The minimum Gasteiger partial charge on any atom is -0.486 e. The normalized spacial score (nSPS) is 16.9. The fourth-order valence-corrected chi connectivity index (χ4v) is 6.33. The number of carbonyl (C=O) groups is 1. The van der Waals surface area contributed by atoms with Crippen LogP contribution < -0.4 is 20.5 Å². The van der Waals surface area contributed by atoms with E-state index in [4.69, 9.17) is 16.3 Å². The Labute approximate surface area is 238 Å². The van der Waals surface area contributed by atoms with Crippen LogP contribution in [0.15, 0.2) is 59.5 Å². The Hall–Kier alpha value is -3.41. The molecule has 0 unspecified atom stereocenters. The van der Waals surface area contributed by atoms with Gasteiger partial charge in [0.1, 0.15) is 5.69 Å². The van der Waals surface area contributed by atoms with Gasteiger partial charge in [-0.2, -0.15) is 14.1 Å². The van der Waals surface area contributed by atoms with Gasteiger partial charge in [-0.05, 0) is 48.7 Å². The summed E-state index contributed by atoms with van der Waals surface area (Å²) in [6.45, 7) is 3.76. The standard InChI is InChI=1S/C28H32ClN5O5S/c1-28(9-10-28)19-39-25-24(17-31-34(27(25)36)23-8-4-7-22(29)16-23)32-11-13-33(14-12-32)40(37,38)18-20-5-3-6-21(15-20)26(35)30-2/h3-8,15-17H,9-14,18-19H2,1-2H3,(H,30,35). The zero-order valence-electron chi connectivity index (χ0n) is 22.5. The minimum atomic E-state index is -3.63. The highest BCUT2D eigenvalue weighted by molar-refractivity contribution is 7.88. The molecule has 2 aliphatic rings. The summed E-state index contributed by atoms with van der Waals surface area (Å²) in [4.78, 5) is 27.5. The van der Waals surface area contributed by atoms with E-state index < -0.39 is 15.6 Å². The molecule has 212 valence electrons. The molecule has 0 radical (unpaired) electrons. The summed E-state index contributed by atoms with van der Waals surface area (Å²) in [6, 6.07) is 13.5. The molecule has 1 aromatic heterocycles. The lowest BCUT2D eigenvalue weighted by Crippen LogP contribution is -2.49. The van der Waals surface area contributed by atoms with Crippen LogP contribution in [0, 0.1) is 5.41 Å². The van der Waals surface area contributed by atoms with Crippen LogP contribution in [0.1, 0.15) is 35.7 Å². The van der Waals surface area contributed by atoms with Gasteiger partial charge in [-0.3, -0.25) is 9.59 Å². The first-order chi connectivity index (χ1) is 19.1. The number of hydrogen-bond donors (Lipinski definition) is 1. The Morgan fingerprint density at radius 2 is 1.82 bits per heavy atom. The maximum Gasteiger partial charge on any atom is 0.316 e. The number of sulfonamides is 1. The molecule has 2 heterocycles. The molecule has 0 atom stereocenters. The highest BCUT2D eigenvalue weighted by Crippen LogP contribution is 2.45. The number of rotatable bonds is 9. The van der Waals surface area contributed by atoms with E-state index in [2.05, 4.69) is 17.3 Å². The Balaban J connectivity index is 1.34. The first-order valence-electron chi connectivity index (χ1n) is 13.1. The summed E-state index contributed by atoms with van der Waals surface area (Å²) in [7, 11) is -2.10. The van der Waals surface area contributed by atoms with E-state index >= 15 is 0 Å². The Bertz CT molecular complexity index is 1580. The van der Waals surface area contributed by atoms with Crippen molar-refractivity contribution in [1.29, 1.82) is 0 Å². The van der Waals surface area contributed by atoms with Crippen LogP contribution in [-0.2, 0) is 15.8 Å². The average Bonchev–Trinajstić information content (AvgIpc) is 3.68. The predicted molar refractivity (Wildman–Crippen MR) is 154 cm³/mol. The van der Waals surface area contributed by atoms with Gasteiger partial charge in [0.05, 0.1) is 24.2 Å². The van der Waals surface area contributed by atoms with Gasteiger partial charge in [0.25, 0.3) is 5.91 Å². The van der Waals surface area contributed by atoms with Crippen molar-refractivity contribution >= 4 is 33.2 Å². The molecule has 1 aliphatic heterocycles. The third-order valence-corrected chi connectivity index (χ3v) is 9.46. The second-order valence-electron chi connectivity index (χ2n) is 10.6. The van der Waals surface area contributed by atoms with E-state index in [0.717, 1.165) is 12.8 Å². The molecule has 12 heteroatoms. The number of nitrogens with zero attached hydrogens (tertiary/aromatic N) is 4. The number of nitrogens with one attached hydrogen (secondary N) is 1. The van der Waals surface area contributed by atoms with Crippen molar-refractivity contribution in [3.63, 3.8) is 0 Å². The van der Waals surface area contributed by atoms with Gasteiger partial charge in [-0.15, -0.1) is 0 Å². The number of amides is 1. The number of hydrogen-bond acceptors (Lipinski definition) is 7. The maximum absolute atomic E-state index is 13.6. The average molecular weight is 586 g/mol. The first kappa shape index (κ1) is 28.1. The van der Waals surface area contributed by atoms with Crippen LogP contribution in [0.3, 0.4) is 0 Å². The Kier molecular flexibility index (Phi) is 7.89. The number of ether oxygens (including phenoxy) is 1. The number of halogens is 1. The molecular formula is C28H32ClN5O5S. The number of aromatic nitrogens is 2. The molecule has 10 nitrogen and oxygen atoms in total. The van der Waals surface area contributed by atoms with Crippen LogP contribution in [0.5, 0.6) is 5.75 Å². The van der Waals surface area contributed by atoms with E-state index in [1.165, 1.54) is 16.0 Å². The number of carbonyl (C=O) groups excluding carboxylic acids is 1. The van der Waals surface area contributed by atoms with Crippen molar-refractivity contribution in [3.05, 3.63) is 81.2 Å². The summed E-state index contributed by atoms with van der Waals surface area (Å²) >= 11 is 6.14. The number of anilines is 1. The molecule has 0 spiro atoms. The fraction of sp³-hybridized carbons (Fsp3) is 0.393. The lowest BCUT2D eigenvalue weighted by atomic mass is 10.1. The molecule has 1 saturated heterocycles. The highest BCUT2D eigenvalue weighted by atomic mass is 35.5. The third kappa shape index (κ3) is 6.16. The van der Waals surface area contributed by atoms with E-state index in [1.54, 1.807) is 54.7 Å². The van der Waals surface area contributed by atoms with Crippen molar-refractivity contribution in [2.75, 3.05) is 44.7 Å². The van der Waals surface area contributed by atoms with Gasteiger partial charge in [0.15, 0.2) is 0 Å². The lowest BCUT2D eigenvalue weighted by molar-refractivity contribution is 0.0963.